The zero-order valence-electron chi connectivity index (χ0n) is 20.5. The van der Waals surface area contributed by atoms with Gasteiger partial charge in [-0.1, -0.05) is 0 Å². The summed E-state index contributed by atoms with van der Waals surface area (Å²) in [6.45, 7) is 3.78. The summed E-state index contributed by atoms with van der Waals surface area (Å²) in [6.07, 6.45) is -3.70. The van der Waals surface area contributed by atoms with Crippen LogP contribution in [0.3, 0.4) is 0 Å². The molecule has 1 aliphatic carbocycles. The van der Waals surface area contributed by atoms with E-state index in [2.05, 4.69) is 12.2 Å². The van der Waals surface area contributed by atoms with E-state index < -0.39 is 36.4 Å². The van der Waals surface area contributed by atoms with Crippen LogP contribution >= 0.6 is 0 Å². The van der Waals surface area contributed by atoms with E-state index in [9.17, 15) is 23.6 Å². The fourth-order valence-corrected chi connectivity index (χ4v) is 5.07. The van der Waals surface area contributed by atoms with Crippen LogP contribution in [0.25, 0.3) is 0 Å². The van der Waals surface area contributed by atoms with Gasteiger partial charge in [-0.2, -0.15) is 5.26 Å². The number of aliphatic hydroxyl groups is 2. The number of hydrogen-bond donors (Lipinski definition) is 5. The monoisotopic (exact) mass is 515 g/mol. The highest BCUT2D eigenvalue weighted by Gasteiger charge is 2.48. The molecule has 0 bridgehead atoms. The van der Waals surface area contributed by atoms with E-state index in [1.807, 2.05) is 11.0 Å². The van der Waals surface area contributed by atoms with Gasteiger partial charge in [-0.15, -0.1) is 0 Å². The predicted octanol–water partition coefficient (Wildman–Crippen LogP) is -1.30. The van der Waals surface area contributed by atoms with Gasteiger partial charge >= 0.3 is 18.0 Å². The van der Waals surface area contributed by atoms with E-state index in [1.165, 1.54) is 4.90 Å². The maximum atomic E-state index is 13.5. The van der Waals surface area contributed by atoms with Crippen molar-refractivity contribution in [2.75, 3.05) is 40.3 Å². The molecular weight excluding hydrogens is 481 g/mol. The van der Waals surface area contributed by atoms with Gasteiger partial charge in [0, 0.05) is 39.1 Å². The van der Waals surface area contributed by atoms with Gasteiger partial charge in [0.25, 0.3) is 0 Å². The van der Waals surface area contributed by atoms with Crippen LogP contribution in [0, 0.1) is 23.2 Å². The van der Waals surface area contributed by atoms with Crippen LogP contribution in [0.5, 0.6) is 0 Å². The van der Waals surface area contributed by atoms with Gasteiger partial charge in [-0.25, -0.2) is 18.8 Å². The molecule has 2 heterocycles. The maximum Gasteiger partial charge on any atom is 0.335 e. The van der Waals surface area contributed by atoms with Gasteiger partial charge in [0.15, 0.2) is 12.2 Å². The van der Waals surface area contributed by atoms with Gasteiger partial charge < -0.3 is 40.4 Å². The van der Waals surface area contributed by atoms with E-state index in [4.69, 9.17) is 25.7 Å². The number of alkyl halides is 1. The molecule has 3 rings (SSSR count). The van der Waals surface area contributed by atoms with Crippen molar-refractivity contribution in [1.29, 1.82) is 5.26 Å². The highest BCUT2D eigenvalue weighted by Crippen LogP contribution is 2.43. The second-order valence-corrected chi connectivity index (χ2v) is 10.0. The molecule has 6 atom stereocenters. The van der Waals surface area contributed by atoms with Crippen LogP contribution in [0.2, 0.25) is 0 Å². The summed E-state index contributed by atoms with van der Waals surface area (Å²) in [6, 6.07) is 1.42. The number of carbonyl (C=O) groups excluding carboxylic acids is 2. The minimum absolute atomic E-state index is 0.0162. The molecule has 0 aromatic rings. The van der Waals surface area contributed by atoms with Crippen molar-refractivity contribution in [2.45, 2.75) is 56.1 Å². The standard InChI is InChI=1S/C18H28FN5O2.C4H6O6/c1-18(21-8-16(25)24-11-14(19)4-15(24)7-20)5-12-9-23(10-13(12)6-18)17(26)22(2)3;5-1(3(7)8)2(6)4(9)10/h12-15,21H,4-6,8-11H2,1-3H3;1-2,5-6H,(H,7,8)(H,9,10)/t12?,13?,14-,15-,18?;/m0./s1. The van der Waals surface area contributed by atoms with Gasteiger partial charge in [-0.05, 0) is 31.6 Å². The van der Waals surface area contributed by atoms with Crippen molar-refractivity contribution in [3.05, 3.63) is 0 Å². The van der Waals surface area contributed by atoms with Gasteiger partial charge in [0.2, 0.25) is 5.91 Å². The molecule has 1 saturated carbocycles. The number of carboxylic acids is 2. The fraction of sp³-hybridized carbons (Fsp3) is 0.773. The van der Waals surface area contributed by atoms with Crippen molar-refractivity contribution in [2.24, 2.45) is 11.8 Å². The Morgan fingerprint density at radius 1 is 1.08 bits per heavy atom. The number of carbonyl (C=O) groups is 4. The number of aliphatic carboxylic acids is 2. The van der Waals surface area contributed by atoms with Gasteiger partial charge in [-0.3, -0.25) is 4.79 Å². The van der Waals surface area contributed by atoms with Crippen molar-refractivity contribution in [3.63, 3.8) is 0 Å². The molecule has 5 N–H and O–H groups in total. The number of rotatable bonds is 6. The Labute approximate surface area is 208 Å². The third kappa shape index (κ3) is 7.02. The Hall–Kier alpha value is -3.02. The molecule has 13 nitrogen and oxygen atoms in total. The van der Waals surface area contributed by atoms with Crippen molar-refractivity contribution >= 4 is 23.9 Å². The largest absolute Gasteiger partial charge is 0.479 e. The molecule has 2 saturated heterocycles. The lowest BCUT2D eigenvalue weighted by Gasteiger charge is -2.30. The number of amides is 3. The first-order valence-electron chi connectivity index (χ1n) is 11.5. The molecule has 0 aromatic heterocycles. The second-order valence-electron chi connectivity index (χ2n) is 10.0. The average molecular weight is 516 g/mol. The first-order chi connectivity index (χ1) is 16.7. The van der Waals surface area contributed by atoms with Crippen LogP contribution in [-0.4, -0.2) is 129 Å². The van der Waals surface area contributed by atoms with Crippen LogP contribution in [0.1, 0.15) is 26.2 Å². The lowest BCUT2D eigenvalue weighted by atomic mass is 9.98. The highest BCUT2D eigenvalue weighted by molar-refractivity contribution is 5.83. The minimum Gasteiger partial charge on any atom is -0.479 e. The summed E-state index contributed by atoms with van der Waals surface area (Å²) in [5.74, 6) is -2.86. The second kappa shape index (κ2) is 11.8. The number of likely N-dealkylation sites (tertiary alicyclic amines) is 2. The van der Waals surface area contributed by atoms with Crippen molar-refractivity contribution in [1.82, 2.24) is 20.0 Å². The third-order valence-electron chi connectivity index (χ3n) is 6.85. The Bertz CT molecular complexity index is 864. The first kappa shape index (κ1) is 29.2. The summed E-state index contributed by atoms with van der Waals surface area (Å²) in [7, 11) is 3.53. The number of hydrogen-bond acceptors (Lipinski definition) is 8. The molecule has 202 valence electrons. The molecular formula is C22H34FN5O8. The molecule has 0 aromatic carbocycles. The van der Waals surface area contributed by atoms with Crippen LogP contribution in [-0.2, 0) is 14.4 Å². The van der Waals surface area contributed by atoms with E-state index in [0.717, 1.165) is 25.9 Å². The van der Waals surface area contributed by atoms with Crippen LogP contribution in [0.15, 0.2) is 0 Å². The number of halogens is 1. The number of nitrogens with zero attached hydrogens (tertiary/aromatic N) is 4. The number of urea groups is 1. The molecule has 0 radical (unpaired) electrons. The van der Waals surface area contributed by atoms with Gasteiger partial charge in [0.05, 0.1) is 19.2 Å². The summed E-state index contributed by atoms with van der Waals surface area (Å²) in [5.41, 5.74) is -0.158. The zero-order chi connectivity index (χ0) is 27.4. The number of fused-ring (bicyclic) bond motifs is 1. The normalized spacial score (nSPS) is 30.5. The lowest BCUT2D eigenvalue weighted by Crippen LogP contribution is -2.49. The van der Waals surface area contributed by atoms with Crippen molar-refractivity contribution in [3.8, 4) is 6.07 Å². The summed E-state index contributed by atoms with van der Waals surface area (Å²) >= 11 is 0. The third-order valence-corrected chi connectivity index (χ3v) is 6.85. The van der Waals surface area contributed by atoms with E-state index in [0.29, 0.717) is 11.8 Å². The topological polar surface area (TPSA) is 195 Å². The van der Waals surface area contributed by atoms with E-state index in [1.54, 1.807) is 19.0 Å². The first-order valence-corrected chi connectivity index (χ1v) is 11.5. The summed E-state index contributed by atoms with van der Waals surface area (Å²) < 4.78 is 13.5. The molecule has 2 aliphatic heterocycles. The Morgan fingerprint density at radius 2 is 1.58 bits per heavy atom. The van der Waals surface area contributed by atoms with E-state index >= 15 is 0 Å². The number of carboxylic acid groups (broad SMARTS) is 2. The van der Waals surface area contributed by atoms with E-state index in [-0.39, 0.29) is 37.0 Å². The molecule has 14 heteroatoms. The minimum atomic E-state index is -2.27. The van der Waals surface area contributed by atoms with Crippen molar-refractivity contribution < 1.29 is 44.0 Å². The molecule has 3 aliphatic rings. The zero-order valence-corrected chi connectivity index (χ0v) is 20.5. The van der Waals surface area contributed by atoms with Gasteiger partial charge in [0.1, 0.15) is 12.2 Å². The fourth-order valence-electron chi connectivity index (χ4n) is 5.07. The molecule has 3 fully saturated rings. The molecule has 36 heavy (non-hydrogen) atoms. The molecule has 3 amide bonds. The number of nitriles is 1. The Morgan fingerprint density at radius 3 is 2.00 bits per heavy atom. The van der Waals surface area contributed by atoms with Crippen LogP contribution in [0.4, 0.5) is 9.18 Å². The predicted molar refractivity (Wildman–Crippen MR) is 121 cm³/mol. The Balaban J connectivity index is 0.000000388. The lowest BCUT2D eigenvalue weighted by molar-refractivity contribution is -0.165. The smallest absolute Gasteiger partial charge is 0.335 e. The maximum absolute atomic E-state index is 13.5. The molecule has 0 spiro atoms. The summed E-state index contributed by atoms with van der Waals surface area (Å²) in [5, 5.41) is 45.0. The SMILES string of the molecule is CN(C)C(=O)N1CC2CC(C)(NCC(=O)N3C[C@@H](F)C[C@H]3C#N)CC2C1.O=C(O)C(O)C(O)C(=O)O. The quantitative estimate of drug-likeness (QED) is 0.284. The number of nitrogens with one attached hydrogen (secondary N) is 1. The van der Waals surface area contributed by atoms with Crippen LogP contribution < -0.4 is 5.32 Å². The average Bonchev–Trinajstić information content (AvgIpc) is 3.46. The molecule has 4 unspecified atom stereocenters. The summed E-state index contributed by atoms with van der Waals surface area (Å²) in [4.78, 5) is 48.9. The highest BCUT2D eigenvalue weighted by atomic mass is 19.1. The number of aliphatic hydroxyl groups excluding tert-OH is 2. The Kier molecular flexibility index (Phi) is 9.58.